The summed E-state index contributed by atoms with van der Waals surface area (Å²) in [5.41, 5.74) is 1.15. The molecule has 0 radical (unpaired) electrons. The van der Waals surface area contributed by atoms with Gasteiger partial charge in [-0.2, -0.15) is 0 Å². The van der Waals surface area contributed by atoms with Gasteiger partial charge in [0.1, 0.15) is 23.6 Å². The predicted molar refractivity (Wildman–Crippen MR) is 98.6 cm³/mol. The summed E-state index contributed by atoms with van der Waals surface area (Å²) in [6.07, 6.45) is 2.18. The molecule has 0 N–H and O–H groups in total. The zero-order chi connectivity index (χ0) is 19.5. The highest BCUT2D eigenvalue weighted by atomic mass is 19.1. The van der Waals surface area contributed by atoms with Gasteiger partial charge in [0.25, 0.3) is 5.91 Å². The van der Waals surface area contributed by atoms with Crippen LogP contribution in [0.15, 0.2) is 59.2 Å². The Morgan fingerprint density at radius 1 is 1.18 bits per heavy atom. The molecule has 1 aromatic heterocycles. The Hall–Kier alpha value is -3.35. The molecule has 1 amide bonds. The van der Waals surface area contributed by atoms with Crippen molar-refractivity contribution >= 4 is 5.91 Å². The second-order valence-electron chi connectivity index (χ2n) is 6.45. The first kappa shape index (κ1) is 18.0. The lowest BCUT2D eigenvalue weighted by Gasteiger charge is -2.40. The summed E-state index contributed by atoms with van der Waals surface area (Å²) in [4.78, 5) is 18.7. The number of carbonyl (C=O) groups excluding carboxylic acids is 1. The number of rotatable bonds is 6. The number of halogens is 1. The quantitative estimate of drug-likeness (QED) is 0.645. The van der Waals surface area contributed by atoms with E-state index in [1.165, 1.54) is 18.4 Å². The first-order chi connectivity index (χ1) is 13.6. The average molecular weight is 382 g/mol. The van der Waals surface area contributed by atoms with Crippen LogP contribution in [0.2, 0.25) is 0 Å². The van der Waals surface area contributed by atoms with Crippen molar-refractivity contribution in [3.8, 4) is 11.5 Å². The summed E-state index contributed by atoms with van der Waals surface area (Å²) < 4.78 is 29.2. The van der Waals surface area contributed by atoms with Crippen molar-refractivity contribution < 1.29 is 23.1 Å². The normalized spacial score (nSPS) is 15.8. The minimum atomic E-state index is -0.293. The first-order valence-electron chi connectivity index (χ1n) is 8.92. The molecule has 28 heavy (non-hydrogen) atoms. The minimum absolute atomic E-state index is 0.0659. The second kappa shape index (κ2) is 7.72. The minimum Gasteiger partial charge on any atom is -0.497 e. The third kappa shape index (κ3) is 3.69. The van der Waals surface area contributed by atoms with E-state index in [9.17, 15) is 9.18 Å². The number of ether oxygens (including phenoxy) is 2. The van der Waals surface area contributed by atoms with E-state index in [2.05, 4.69) is 4.98 Å². The maximum Gasteiger partial charge on any atom is 0.276 e. The molecule has 1 unspecified atom stereocenters. The van der Waals surface area contributed by atoms with E-state index in [4.69, 9.17) is 13.9 Å². The molecule has 1 atom stereocenters. The number of nitrogens with zero attached hydrogens (tertiary/aromatic N) is 2. The molecular formula is C21H19FN2O4. The largest absolute Gasteiger partial charge is 0.497 e. The van der Waals surface area contributed by atoms with Gasteiger partial charge in [-0.05, 0) is 48.4 Å². The lowest BCUT2D eigenvalue weighted by molar-refractivity contribution is 0.0454. The fourth-order valence-electron chi connectivity index (χ4n) is 3.10. The Balaban J connectivity index is 1.38. The van der Waals surface area contributed by atoms with E-state index in [1.807, 2.05) is 0 Å². The molecule has 1 aliphatic heterocycles. The summed E-state index contributed by atoms with van der Waals surface area (Å²) in [6.45, 7) is 0.742. The van der Waals surface area contributed by atoms with Crippen LogP contribution in [0.1, 0.15) is 34.4 Å². The van der Waals surface area contributed by atoms with Crippen molar-refractivity contribution in [2.75, 3.05) is 13.7 Å². The van der Waals surface area contributed by atoms with Gasteiger partial charge in [-0.3, -0.25) is 4.79 Å². The van der Waals surface area contributed by atoms with Gasteiger partial charge in [0.05, 0.1) is 13.2 Å². The first-order valence-corrected chi connectivity index (χ1v) is 8.92. The van der Waals surface area contributed by atoms with Crippen LogP contribution in [0.3, 0.4) is 0 Å². The van der Waals surface area contributed by atoms with Crippen LogP contribution in [-0.4, -0.2) is 29.4 Å². The topological polar surface area (TPSA) is 64.8 Å². The van der Waals surface area contributed by atoms with Crippen molar-refractivity contribution in [2.45, 2.75) is 19.1 Å². The number of likely N-dealkylation sites (tertiary alicyclic amines) is 1. The van der Waals surface area contributed by atoms with Crippen LogP contribution in [-0.2, 0) is 6.61 Å². The molecule has 1 fully saturated rings. The summed E-state index contributed by atoms with van der Waals surface area (Å²) in [5.74, 6) is 1.20. The predicted octanol–water partition coefficient (Wildman–Crippen LogP) is 3.99. The van der Waals surface area contributed by atoms with Crippen LogP contribution in [0, 0.1) is 5.82 Å². The molecule has 144 valence electrons. The van der Waals surface area contributed by atoms with Crippen LogP contribution in [0.5, 0.6) is 11.5 Å². The number of aromatic nitrogens is 1. The molecule has 1 aliphatic rings. The van der Waals surface area contributed by atoms with Gasteiger partial charge in [-0.25, -0.2) is 9.37 Å². The molecule has 4 rings (SSSR count). The third-order valence-corrected chi connectivity index (χ3v) is 4.73. The molecule has 3 aromatic rings. The molecule has 0 saturated carbocycles. The Morgan fingerprint density at radius 3 is 2.54 bits per heavy atom. The van der Waals surface area contributed by atoms with Gasteiger partial charge in [0.15, 0.2) is 12.3 Å². The standard InChI is InChI=1S/C21H19FN2O4/c1-26-16-6-8-17(9-7-16)27-13-20-23-18(12-28-20)21(25)24-11-10-19(24)14-2-4-15(22)5-3-14/h2-9,12,19H,10-11,13H2,1H3. The van der Waals surface area contributed by atoms with Gasteiger partial charge in [-0.1, -0.05) is 12.1 Å². The highest BCUT2D eigenvalue weighted by Crippen LogP contribution is 2.34. The van der Waals surface area contributed by atoms with E-state index in [-0.39, 0.29) is 30.1 Å². The number of methoxy groups -OCH3 is 1. The molecule has 7 heteroatoms. The number of benzene rings is 2. The molecule has 1 saturated heterocycles. The SMILES string of the molecule is COc1ccc(OCc2nc(C(=O)N3CCC3c3ccc(F)cc3)co2)cc1. The molecule has 0 bridgehead atoms. The fraction of sp³-hybridized carbons (Fsp3) is 0.238. The van der Waals surface area contributed by atoms with Crippen LogP contribution < -0.4 is 9.47 Å². The van der Waals surface area contributed by atoms with Crippen LogP contribution in [0.4, 0.5) is 4.39 Å². The summed E-state index contributed by atoms with van der Waals surface area (Å²) in [6, 6.07) is 13.3. The van der Waals surface area contributed by atoms with E-state index < -0.39 is 0 Å². The number of oxazole rings is 1. The number of amides is 1. The lowest BCUT2D eigenvalue weighted by atomic mass is 9.94. The van der Waals surface area contributed by atoms with Crippen LogP contribution >= 0.6 is 0 Å². The number of hydrogen-bond acceptors (Lipinski definition) is 5. The van der Waals surface area contributed by atoms with Crippen LogP contribution in [0.25, 0.3) is 0 Å². The summed E-state index contributed by atoms with van der Waals surface area (Å²) in [5, 5.41) is 0. The van der Waals surface area contributed by atoms with Gasteiger partial charge < -0.3 is 18.8 Å². The smallest absolute Gasteiger partial charge is 0.276 e. The summed E-state index contributed by atoms with van der Waals surface area (Å²) in [7, 11) is 1.60. The molecule has 6 nitrogen and oxygen atoms in total. The molecule has 2 heterocycles. The van der Waals surface area contributed by atoms with Gasteiger partial charge in [0.2, 0.25) is 5.89 Å². The zero-order valence-electron chi connectivity index (χ0n) is 15.3. The van der Waals surface area contributed by atoms with Crippen molar-refractivity contribution in [2.24, 2.45) is 0 Å². The fourth-order valence-corrected chi connectivity index (χ4v) is 3.10. The number of hydrogen-bond donors (Lipinski definition) is 0. The Bertz CT molecular complexity index is 953. The monoisotopic (exact) mass is 382 g/mol. The maximum absolute atomic E-state index is 13.1. The van der Waals surface area contributed by atoms with E-state index in [0.29, 0.717) is 18.2 Å². The van der Waals surface area contributed by atoms with Crippen molar-refractivity contribution in [3.05, 3.63) is 77.8 Å². The van der Waals surface area contributed by atoms with Crippen molar-refractivity contribution in [3.63, 3.8) is 0 Å². The highest BCUT2D eigenvalue weighted by Gasteiger charge is 2.35. The van der Waals surface area contributed by atoms with E-state index in [0.717, 1.165) is 17.7 Å². The van der Waals surface area contributed by atoms with Gasteiger partial charge in [0, 0.05) is 6.54 Å². The molecular weight excluding hydrogens is 363 g/mol. The van der Waals surface area contributed by atoms with Crippen molar-refractivity contribution in [1.29, 1.82) is 0 Å². The average Bonchev–Trinajstić information content (AvgIpc) is 3.17. The lowest BCUT2D eigenvalue weighted by Crippen LogP contribution is -2.45. The molecule has 0 aliphatic carbocycles. The van der Waals surface area contributed by atoms with E-state index in [1.54, 1.807) is 48.4 Å². The highest BCUT2D eigenvalue weighted by molar-refractivity contribution is 5.92. The van der Waals surface area contributed by atoms with Gasteiger partial charge >= 0.3 is 0 Å². The molecule has 0 spiro atoms. The second-order valence-corrected chi connectivity index (χ2v) is 6.45. The van der Waals surface area contributed by atoms with Crippen molar-refractivity contribution in [1.82, 2.24) is 9.88 Å². The Morgan fingerprint density at radius 2 is 1.89 bits per heavy atom. The Kier molecular flexibility index (Phi) is 4.97. The molecule has 2 aromatic carbocycles. The zero-order valence-corrected chi connectivity index (χ0v) is 15.3. The van der Waals surface area contributed by atoms with E-state index >= 15 is 0 Å². The maximum atomic E-state index is 13.1. The number of carbonyl (C=O) groups is 1. The Labute approximate surface area is 161 Å². The summed E-state index contributed by atoms with van der Waals surface area (Å²) >= 11 is 0. The van der Waals surface area contributed by atoms with Gasteiger partial charge in [-0.15, -0.1) is 0 Å². The third-order valence-electron chi connectivity index (χ3n) is 4.73.